The molecule has 0 spiro atoms. The molecule has 1 aromatic rings. The van der Waals surface area contributed by atoms with Crippen molar-refractivity contribution in [3.8, 4) is 0 Å². The van der Waals surface area contributed by atoms with E-state index < -0.39 is 23.5 Å². The highest BCUT2D eigenvalue weighted by Gasteiger charge is 2.43. The number of amides is 1. The van der Waals surface area contributed by atoms with Gasteiger partial charge in [-0.05, 0) is 18.8 Å². The lowest BCUT2D eigenvalue weighted by atomic mass is 9.76. The van der Waals surface area contributed by atoms with Crippen molar-refractivity contribution in [1.29, 1.82) is 0 Å². The molecule has 1 amide bonds. The van der Waals surface area contributed by atoms with Gasteiger partial charge in [0, 0.05) is 18.8 Å². The summed E-state index contributed by atoms with van der Waals surface area (Å²) >= 11 is 0. The average molecular weight is 294 g/mol. The first-order chi connectivity index (χ1) is 9.84. The highest BCUT2D eigenvalue weighted by atomic mass is 16.4. The second-order valence-electron chi connectivity index (χ2n) is 6.00. The molecule has 21 heavy (non-hydrogen) atoms. The van der Waals surface area contributed by atoms with Crippen LogP contribution in [0.15, 0.2) is 12.4 Å². The van der Waals surface area contributed by atoms with Crippen LogP contribution in [0.1, 0.15) is 44.2 Å². The monoisotopic (exact) mass is 294 g/mol. The van der Waals surface area contributed by atoms with E-state index in [0.29, 0.717) is 18.4 Å². The molecule has 1 aliphatic carbocycles. The lowest BCUT2D eigenvalue weighted by Gasteiger charge is -2.37. The Kier molecular flexibility index (Phi) is 4.32. The first-order valence-corrected chi connectivity index (χ1v) is 7.13. The van der Waals surface area contributed by atoms with Crippen LogP contribution < -0.4 is 11.1 Å². The number of nitrogens with zero attached hydrogens (tertiary/aromatic N) is 2. The number of aromatic nitrogens is 2. The van der Waals surface area contributed by atoms with Gasteiger partial charge in [0.1, 0.15) is 11.6 Å². The summed E-state index contributed by atoms with van der Waals surface area (Å²) in [5.74, 6) is -1.19. The van der Waals surface area contributed by atoms with Crippen molar-refractivity contribution in [2.75, 3.05) is 0 Å². The number of rotatable bonds is 4. The third-order valence-electron chi connectivity index (χ3n) is 4.14. The van der Waals surface area contributed by atoms with Crippen molar-refractivity contribution in [2.24, 2.45) is 18.7 Å². The van der Waals surface area contributed by atoms with Crippen molar-refractivity contribution in [2.45, 2.75) is 44.2 Å². The molecular weight excluding hydrogens is 272 g/mol. The van der Waals surface area contributed by atoms with E-state index >= 15 is 0 Å². The highest BCUT2D eigenvalue weighted by molar-refractivity contribution is 5.90. The molecule has 1 heterocycles. The molecule has 0 aliphatic heterocycles. The van der Waals surface area contributed by atoms with Crippen molar-refractivity contribution in [1.82, 2.24) is 15.1 Å². The fourth-order valence-corrected chi connectivity index (χ4v) is 2.98. The molecule has 3 atom stereocenters. The van der Waals surface area contributed by atoms with Gasteiger partial charge in [-0.2, -0.15) is 5.10 Å². The summed E-state index contributed by atoms with van der Waals surface area (Å²) < 4.78 is 1.55. The first-order valence-electron chi connectivity index (χ1n) is 7.13. The Morgan fingerprint density at radius 1 is 1.62 bits per heavy atom. The third-order valence-corrected chi connectivity index (χ3v) is 4.14. The zero-order valence-corrected chi connectivity index (χ0v) is 12.4. The van der Waals surface area contributed by atoms with Crippen LogP contribution in [0.3, 0.4) is 0 Å². The van der Waals surface area contributed by atoms with Crippen LogP contribution in [0, 0.1) is 5.92 Å². The summed E-state index contributed by atoms with van der Waals surface area (Å²) in [7, 11) is 1.73. The standard InChI is InChI=1S/C14H22N4O3/c1-9-4-3-5-14(6-9,13(20)21)17-12(19)11(15)10-7-16-18(2)8-10/h7-9,11H,3-6,15H2,1-2H3,(H,17,19)(H,20,21). The predicted octanol–water partition coefficient (Wildman–Crippen LogP) is 0.570. The molecule has 116 valence electrons. The molecule has 7 nitrogen and oxygen atoms in total. The molecule has 0 saturated heterocycles. The van der Waals surface area contributed by atoms with Gasteiger partial charge in [0.15, 0.2) is 0 Å². The predicted molar refractivity (Wildman–Crippen MR) is 76.3 cm³/mol. The second-order valence-corrected chi connectivity index (χ2v) is 6.00. The summed E-state index contributed by atoms with van der Waals surface area (Å²) in [4.78, 5) is 23.9. The quantitative estimate of drug-likeness (QED) is 0.752. The van der Waals surface area contributed by atoms with Crippen molar-refractivity contribution >= 4 is 11.9 Å². The topological polar surface area (TPSA) is 110 Å². The van der Waals surface area contributed by atoms with Crippen LogP contribution in [-0.4, -0.2) is 32.3 Å². The number of carbonyl (C=O) groups excluding carboxylic acids is 1. The van der Waals surface area contributed by atoms with Gasteiger partial charge in [-0.25, -0.2) is 4.79 Å². The number of hydrogen-bond acceptors (Lipinski definition) is 4. The number of nitrogens with two attached hydrogens (primary N) is 1. The summed E-state index contributed by atoms with van der Waals surface area (Å²) in [5, 5.41) is 16.2. The SMILES string of the molecule is CC1CCCC(NC(=O)C(N)c2cnn(C)c2)(C(=O)O)C1. The van der Waals surface area contributed by atoms with E-state index in [2.05, 4.69) is 10.4 Å². The smallest absolute Gasteiger partial charge is 0.329 e. The largest absolute Gasteiger partial charge is 0.480 e. The van der Waals surface area contributed by atoms with Gasteiger partial charge in [-0.15, -0.1) is 0 Å². The zero-order valence-electron chi connectivity index (χ0n) is 12.4. The maximum Gasteiger partial charge on any atom is 0.329 e. The molecule has 1 fully saturated rings. The summed E-state index contributed by atoms with van der Waals surface area (Å²) in [5.41, 5.74) is 5.27. The van der Waals surface area contributed by atoms with Crippen LogP contribution in [-0.2, 0) is 16.6 Å². The Labute approximate surface area is 123 Å². The Balaban J connectivity index is 2.13. The van der Waals surface area contributed by atoms with Gasteiger partial charge in [-0.3, -0.25) is 9.48 Å². The Morgan fingerprint density at radius 3 is 2.86 bits per heavy atom. The van der Waals surface area contributed by atoms with Gasteiger partial charge >= 0.3 is 5.97 Å². The van der Waals surface area contributed by atoms with Crippen LogP contribution >= 0.6 is 0 Å². The molecule has 3 unspecified atom stereocenters. The lowest BCUT2D eigenvalue weighted by molar-refractivity contribution is -0.150. The van der Waals surface area contributed by atoms with E-state index in [-0.39, 0.29) is 5.92 Å². The van der Waals surface area contributed by atoms with Gasteiger partial charge in [0.05, 0.1) is 6.20 Å². The molecule has 4 N–H and O–H groups in total. The van der Waals surface area contributed by atoms with E-state index in [1.54, 1.807) is 17.9 Å². The minimum absolute atomic E-state index is 0.268. The summed E-state index contributed by atoms with van der Waals surface area (Å²) in [6, 6.07) is -0.910. The normalized spacial score (nSPS) is 27.1. The van der Waals surface area contributed by atoms with Crippen molar-refractivity contribution in [3.05, 3.63) is 18.0 Å². The van der Waals surface area contributed by atoms with E-state index in [4.69, 9.17) is 5.73 Å². The first kappa shape index (κ1) is 15.5. The molecule has 1 saturated carbocycles. The minimum atomic E-state index is -1.20. The number of carbonyl (C=O) groups is 2. The summed E-state index contributed by atoms with van der Waals surface area (Å²) in [6.45, 7) is 2.00. The maximum atomic E-state index is 12.3. The third kappa shape index (κ3) is 3.24. The van der Waals surface area contributed by atoms with Crippen LogP contribution in [0.4, 0.5) is 0 Å². The molecule has 0 aromatic carbocycles. The van der Waals surface area contributed by atoms with Crippen molar-refractivity contribution < 1.29 is 14.7 Å². The van der Waals surface area contributed by atoms with Gasteiger partial charge in [0.25, 0.3) is 0 Å². The van der Waals surface area contributed by atoms with Gasteiger partial charge in [-0.1, -0.05) is 19.8 Å². The number of carboxylic acids is 1. The van der Waals surface area contributed by atoms with Crippen LogP contribution in [0.25, 0.3) is 0 Å². The molecule has 0 radical (unpaired) electrons. The van der Waals surface area contributed by atoms with Crippen molar-refractivity contribution in [3.63, 3.8) is 0 Å². The lowest BCUT2D eigenvalue weighted by Crippen LogP contribution is -2.58. The van der Waals surface area contributed by atoms with Crippen LogP contribution in [0.2, 0.25) is 0 Å². The molecule has 7 heteroatoms. The molecule has 2 rings (SSSR count). The highest BCUT2D eigenvalue weighted by Crippen LogP contribution is 2.33. The minimum Gasteiger partial charge on any atom is -0.480 e. The number of hydrogen-bond donors (Lipinski definition) is 3. The number of carboxylic acid groups (broad SMARTS) is 1. The zero-order chi connectivity index (χ0) is 15.6. The van der Waals surface area contributed by atoms with Gasteiger partial charge in [0.2, 0.25) is 5.91 Å². The average Bonchev–Trinajstić information content (AvgIpc) is 2.84. The fraction of sp³-hybridized carbons (Fsp3) is 0.643. The van der Waals surface area contributed by atoms with Crippen LogP contribution in [0.5, 0.6) is 0 Å². The Bertz CT molecular complexity index is 542. The molecule has 1 aliphatic rings. The molecular formula is C14H22N4O3. The number of nitrogens with one attached hydrogen (secondary N) is 1. The number of aryl methyl sites for hydroxylation is 1. The van der Waals surface area contributed by atoms with Gasteiger partial charge < -0.3 is 16.2 Å². The summed E-state index contributed by atoms with van der Waals surface area (Å²) in [6.07, 6.45) is 5.82. The van der Waals surface area contributed by atoms with E-state index in [9.17, 15) is 14.7 Å². The van der Waals surface area contributed by atoms with E-state index in [1.165, 1.54) is 6.20 Å². The molecule has 1 aromatic heterocycles. The van der Waals surface area contributed by atoms with E-state index in [0.717, 1.165) is 12.8 Å². The maximum absolute atomic E-state index is 12.3. The Morgan fingerprint density at radius 2 is 2.33 bits per heavy atom. The number of aliphatic carboxylic acids is 1. The van der Waals surface area contributed by atoms with E-state index in [1.807, 2.05) is 6.92 Å². The fourth-order valence-electron chi connectivity index (χ4n) is 2.98. The second kappa shape index (κ2) is 5.85. The molecule has 0 bridgehead atoms. The Hall–Kier alpha value is -1.89.